The molecule has 0 saturated carbocycles. The molecule has 19 heavy (non-hydrogen) atoms. The molecule has 3 N–H and O–H groups in total. The minimum absolute atomic E-state index is 0.0295. The summed E-state index contributed by atoms with van der Waals surface area (Å²) in [4.78, 5) is 14.5. The quantitative estimate of drug-likeness (QED) is 0.535. The fourth-order valence-electron chi connectivity index (χ4n) is 3.07. The Morgan fingerprint density at radius 3 is 2.95 bits per heavy atom. The lowest BCUT2D eigenvalue weighted by atomic mass is 9.80. The summed E-state index contributed by atoms with van der Waals surface area (Å²) in [6, 6.07) is 0. The Morgan fingerprint density at radius 1 is 1.53 bits per heavy atom. The fraction of sp³-hybridized carbons (Fsp3) is 0.909. The first-order chi connectivity index (χ1) is 8.89. The van der Waals surface area contributed by atoms with Gasteiger partial charge in [0.05, 0.1) is 11.2 Å². The molecule has 2 atom stereocenters. The van der Waals surface area contributed by atoms with E-state index in [1.807, 2.05) is 7.05 Å². The highest BCUT2D eigenvalue weighted by Gasteiger charge is 2.53. The van der Waals surface area contributed by atoms with Crippen molar-refractivity contribution in [3.8, 4) is 0 Å². The average Bonchev–Trinajstić information content (AvgIpc) is 2.85. The summed E-state index contributed by atoms with van der Waals surface area (Å²) in [7, 11) is 0.122. The summed E-state index contributed by atoms with van der Waals surface area (Å²) in [5, 5.41) is 6.04. The van der Waals surface area contributed by atoms with Crippen LogP contribution in [0.4, 0.5) is 0 Å². The van der Waals surface area contributed by atoms with E-state index in [9.17, 15) is 13.2 Å². The van der Waals surface area contributed by atoms with Crippen LogP contribution in [0.2, 0.25) is 0 Å². The van der Waals surface area contributed by atoms with E-state index in [0.717, 1.165) is 19.6 Å². The van der Waals surface area contributed by atoms with Gasteiger partial charge >= 0.3 is 0 Å². The normalized spacial score (nSPS) is 31.4. The smallest absolute Gasteiger partial charge is 0.229 e. The van der Waals surface area contributed by atoms with E-state index in [4.69, 9.17) is 0 Å². The minimum Gasteiger partial charge on any atom is -0.354 e. The Bertz CT molecular complexity index is 453. The van der Waals surface area contributed by atoms with Gasteiger partial charge in [-0.3, -0.25) is 4.79 Å². The molecule has 8 heteroatoms. The van der Waals surface area contributed by atoms with Crippen molar-refractivity contribution in [1.29, 1.82) is 0 Å². The number of nitrogens with one attached hydrogen (secondary N) is 3. The molecule has 0 unspecified atom stereocenters. The molecule has 2 saturated heterocycles. The number of amides is 1. The van der Waals surface area contributed by atoms with Gasteiger partial charge in [0.15, 0.2) is 0 Å². The molecule has 2 aliphatic rings. The predicted molar refractivity (Wildman–Crippen MR) is 72.1 cm³/mol. The first-order valence-corrected chi connectivity index (χ1v) is 8.14. The van der Waals surface area contributed by atoms with Gasteiger partial charge in [0, 0.05) is 38.6 Å². The van der Waals surface area contributed by atoms with Gasteiger partial charge in [-0.05, 0) is 14.1 Å². The predicted octanol–water partition coefficient (Wildman–Crippen LogP) is -2.20. The summed E-state index contributed by atoms with van der Waals surface area (Å²) in [5.74, 6) is 0.204. The van der Waals surface area contributed by atoms with E-state index in [0.29, 0.717) is 12.5 Å². The molecule has 0 spiro atoms. The molecule has 0 bridgehead atoms. The van der Waals surface area contributed by atoms with E-state index >= 15 is 0 Å². The maximum atomic E-state index is 12.4. The third kappa shape index (κ3) is 2.91. The molecule has 2 rings (SSSR count). The third-order valence-electron chi connectivity index (χ3n) is 4.12. The molecule has 0 aromatic carbocycles. The molecule has 110 valence electrons. The first kappa shape index (κ1) is 14.7. The van der Waals surface area contributed by atoms with E-state index in [1.165, 1.54) is 7.05 Å². The van der Waals surface area contributed by atoms with Crippen LogP contribution in [0.1, 0.15) is 0 Å². The van der Waals surface area contributed by atoms with Crippen molar-refractivity contribution >= 4 is 15.9 Å². The topological polar surface area (TPSA) is 90.5 Å². The van der Waals surface area contributed by atoms with Crippen molar-refractivity contribution in [3.63, 3.8) is 0 Å². The highest BCUT2D eigenvalue weighted by atomic mass is 32.2. The van der Waals surface area contributed by atoms with Crippen LogP contribution in [0.15, 0.2) is 0 Å². The van der Waals surface area contributed by atoms with Crippen molar-refractivity contribution in [2.45, 2.75) is 0 Å². The second-order valence-corrected chi connectivity index (χ2v) is 7.51. The Balaban J connectivity index is 1.93. The van der Waals surface area contributed by atoms with Crippen molar-refractivity contribution in [3.05, 3.63) is 0 Å². The fourth-order valence-corrected chi connectivity index (χ4v) is 3.65. The zero-order valence-corrected chi connectivity index (χ0v) is 12.2. The van der Waals surface area contributed by atoms with Crippen LogP contribution < -0.4 is 15.4 Å². The van der Waals surface area contributed by atoms with Crippen LogP contribution in [-0.4, -0.2) is 71.8 Å². The average molecular weight is 290 g/mol. The Hall–Kier alpha value is -0.700. The van der Waals surface area contributed by atoms with Gasteiger partial charge in [-0.1, -0.05) is 0 Å². The van der Waals surface area contributed by atoms with Gasteiger partial charge in [0.2, 0.25) is 15.9 Å². The van der Waals surface area contributed by atoms with Crippen LogP contribution in [0.3, 0.4) is 0 Å². The molecule has 0 aliphatic carbocycles. The van der Waals surface area contributed by atoms with Gasteiger partial charge in [-0.25, -0.2) is 13.1 Å². The molecular weight excluding hydrogens is 268 g/mol. The van der Waals surface area contributed by atoms with Crippen molar-refractivity contribution < 1.29 is 13.2 Å². The number of carbonyl (C=O) groups is 1. The lowest BCUT2D eigenvalue weighted by molar-refractivity contribution is -0.130. The summed E-state index contributed by atoms with van der Waals surface area (Å²) >= 11 is 0. The number of likely N-dealkylation sites (tertiary alicyclic amines) is 1. The van der Waals surface area contributed by atoms with Crippen molar-refractivity contribution in [1.82, 2.24) is 20.3 Å². The molecule has 0 radical (unpaired) electrons. The highest BCUT2D eigenvalue weighted by molar-refractivity contribution is 7.89. The van der Waals surface area contributed by atoms with E-state index in [2.05, 4.69) is 20.3 Å². The van der Waals surface area contributed by atoms with E-state index in [1.54, 1.807) is 0 Å². The molecule has 2 aliphatic heterocycles. The van der Waals surface area contributed by atoms with Crippen LogP contribution in [0.5, 0.6) is 0 Å². The molecule has 0 aromatic rings. The molecular formula is C11H22N4O3S. The van der Waals surface area contributed by atoms with Crippen molar-refractivity contribution in [2.24, 2.45) is 11.3 Å². The van der Waals surface area contributed by atoms with Gasteiger partial charge in [-0.15, -0.1) is 0 Å². The molecule has 2 heterocycles. The maximum Gasteiger partial charge on any atom is 0.229 e. The maximum absolute atomic E-state index is 12.4. The minimum atomic E-state index is -3.26. The number of fused-ring (bicyclic) bond motifs is 1. The Labute approximate surface area is 114 Å². The summed E-state index contributed by atoms with van der Waals surface area (Å²) < 4.78 is 24.8. The van der Waals surface area contributed by atoms with E-state index in [-0.39, 0.29) is 18.2 Å². The number of carbonyl (C=O) groups excluding carboxylic acids is 1. The van der Waals surface area contributed by atoms with Crippen molar-refractivity contribution in [2.75, 3.05) is 52.6 Å². The second kappa shape index (κ2) is 5.35. The van der Waals surface area contributed by atoms with Gasteiger partial charge in [0.25, 0.3) is 0 Å². The highest BCUT2D eigenvalue weighted by Crippen LogP contribution is 2.38. The van der Waals surface area contributed by atoms with Gasteiger partial charge in [-0.2, -0.15) is 0 Å². The monoisotopic (exact) mass is 290 g/mol. The van der Waals surface area contributed by atoms with E-state index < -0.39 is 15.4 Å². The van der Waals surface area contributed by atoms with Crippen LogP contribution in [0, 0.1) is 11.3 Å². The standard InChI is InChI=1S/C11H22N4O3S/c1-12-19(17,18)4-3-14-10(16)11-7-13-5-9(11)6-15(2)8-11/h9,12-13H,3-8H2,1-2H3,(H,14,16)/t9-,11-/m1/s1. The third-order valence-corrected chi connectivity index (χ3v) is 5.48. The molecule has 1 amide bonds. The Kier molecular flexibility index (Phi) is 4.14. The van der Waals surface area contributed by atoms with Gasteiger partial charge in [0.1, 0.15) is 0 Å². The number of hydrogen-bond donors (Lipinski definition) is 3. The SMILES string of the molecule is CNS(=O)(=O)CCNC(=O)[C@@]12CNC[C@@H]1CN(C)C2. The van der Waals surface area contributed by atoms with Crippen LogP contribution in [0.25, 0.3) is 0 Å². The zero-order chi connectivity index (χ0) is 14.1. The zero-order valence-electron chi connectivity index (χ0n) is 11.4. The lowest BCUT2D eigenvalue weighted by Gasteiger charge is -2.26. The number of rotatable bonds is 5. The van der Waals surface area contributed by atoms with Crippen LogP contribution >= 0.6 is 0 Å². The van der Waals surface area contributed by atoms with Crippen LogP contribution in [-0.2, 0) is 14.8 Å². The van der Waals surface area contributed by atoms with Gasteiger partial charge < -0.3 is 15.5 Å². The molecule has 0 aromatic heterocycles. The number of nitrogens with zero attached hydrogens (tertiary/aromatic N) is 1. The second-order valence-electron chi connectivity index (χ2n) is 5.46. The Morgan fingerprint density at radius 2 is 2.26 bits per heavy atom. The largest absolute Gasteiger partial charge is 0.354 e. The number of sulfonamides is 1. The number of hydrogen-bond acceptors (Lipinski definition) is 5. The lowest BCUT2D eigenvalue weighted by Crippen LogP contribution is -2.48. The molecule has 7 nitrogen and oxygen atoms in total. The summed E-state index contributed by atoms with van der Waals surface area (Å²) in [5.41, 5.74) is -0.391. The first-order valence-electron chi connectivity index (χ1n) is 6.48. The summed E-state index contributed by atoms with van der Waals surface area (Å²) in [6.07, 6.45) is 0. The molecule has 2 fully saturated rings. The summed E-state index contributed by atoms with van der Waals surface area (Å²) in [6.45, 7) is 3.32.